The maximum atomic E-state index is 12.4. The van der Waals surface area contributed by atoms with Crippen molar-refractivity contribution in [1.29, 1.82) is 0 Å². The van der Waals surface area contributed by atoms with E-state index in [2.05, 4.69) is 4.72 Å². The number of benzene rings is 2. The molecule has 3 rings (SSSR count). The van der Waals surface area contributed by atoms with Crippen molar-refractivity contribution in [3.63, 3.8) is 0 Å². The number of nitrogens with zero attached hydrogens (tertiary/aromatic N) is 1. The summed E-state index contributed by atoms with van der Waals surface area (Å²) in [6.07, 6.45) is 1.28. The van der Waals surface area contributed by atoms with Gasteiger partial charge in [-0.3, -0.25) is 9.52 Å². The summed E-state index contributed by atoms with van der Waals surface area (Å²) in [6.45, 7) is 0.607. The number of hydrogen-bond acceptors (Lipinski definition) is 4. The molecule has 25 heavy (non-hydrogen) atoms. The summed E-state index contributed by atoms with van der Waals surface area (Å²) < 4.78 is 32.7. The average Bonchev–Trinajstić information content (AvgIpc) is 3.00. The Hall–Kier alpha value is -2.54. The molecule has 1 aliphatic heterocycles. The standard InChI is InChI=1S/C18H20N2O4S/c1-24-17-10-9-15(12-16(17)20-11-5-8-18(20)21)19-25(22,23)13-14-6-3-2-4-7-14/h2-4,6-7,9-10,12,19H,5,8,11,13H2,1H3. The predicted molar refractivity (Wildman–Crippen MR) is 97.3 cm³/mol. The zero-order chi connectivity index (χ0) is 17.9. The van der Waals surface area contributed by atoms with E-state index in [1.807, 2.05) is 6.07 Å². The van der Waals surface area contributed by atoms with E-state index in [9.17, 15) is 13.2 Å². The summed E-state index contributed by atoms with van der Waals surface area (Å²) in [6, 6.07) is 13.9. The molecule has 1 aliphatic rings. The summed E-state index contributed by atoms with van der Waals surface area (Å²) in [5.41, 5.74) is 1.70. The third-order valence-corrected chi connectivity index (χ3v) is 5.28. The Kier molecular flexibility index (Phi) is 4.94. The van der Waals surface area contributed by atoms with Crippen LogP contribution in [0.2, 0.25) is 0 Å². The first-order valence-electron chi connectivity index (χ1n) is 8.01. The first-order chi connectivity index (χ1) is 12.0. The first kappa shape index (κ1) is 17.3. The maximum absolute atomic E-state index is 12.4. The Bertz CT molecular complexity index is 866. The van der Waals surface area contributed by atoms with Gasteiger partial charge in [-0.2, -0.15) is 0 Å². The van der Waals surface area contributed by atoms with E-state index in [1.54, 1.807) is 47.4 Å². The van der Waals surface area contributed by atoms with Gasteiger partial charge in [0.1, 0.15) is 5.75 Å². The van der Waals surface area contributed by atoms with Crippen LogP contribution < -0.4 is 14.4 Å². The molecule has 0 saturated carbocycles. The second-order valence-corrected chi connectivity index (χ2v) is 7.60. The van der Waals surface area contributed by atoms with Crippen LogP contribution in [0.25, 0.3) is 0 Å². The number of amides is 1. The molecular weight excluding hydrogens is 340 g/mol. The lowest BCUT2D eigenvalue weighted by Gasteiger charge is -2.20. The molecule has 0 spiro atoms. The molecule has 2 aromatic rings. The number of methoxy groups -OCH3 is 1. The van der Waals surface area contributed by atoms with Gasteiger partial charge in [0, 0.05) is 13.0 Å². The molecule has 0 atom stereocenters. The second-order valence-electron chi connectivity index (χ2n) is 5.88. The van der Waals surface area contributed by atoms with Crippen LogP contribution in [-0.2, 0) is 20.6 Å². The summed E-state index contributed by atoms with van der Waals surface area (Å²) in [4.78, 5) is 13.6. The molecule has 1 fully saturated rings. The quantitative estimate of drug-likeness (QED) is 0.859. The molecule has 1 N–H and O–H groups in total. The minimum atomic E-state index is -3.56. The average molecular weight is 360 g/mol. The third kappa shape index (κ3) is 4.11. The monoisotopic (exact) mass is 360 g/mol. The van der Waals surface area contributed by atoms with E-state index in [-0.39, 0.29) is 11.7 Å². The topological polar surface area (TPSA) is 75.7 Å². The van der Waals surface area contributed by atoms with Gasteiger partial charge < -0.3 is 9.64 Å². The van der Waals surface area contributed by atoms with E-state index < -0.39 is 10.0 Å². The largest absolute Gasteiger partial charge is 0.495 e. The van der Waals surface area contributed by atoms with Crippen molar-refractivity contribution in [2.24, 2.45) is 0 Å². The summed E-state index contributed by atoms with van der Waals surface area (Å²) in [5.74, 6) is 0.446. The maximum Gasteiger partial charge on any atom is 0.236 e. The van der Waals surface area contributed by atoms with Crippen LogP contribution in [0.15, 0.2) is 48.5 Å². The Morgan fingerprint density at radius 3 is 2.56 bits per heavy atom. The van der Waals surface area contributed by atoms with Crippen molar-refractivity contribution in [2.75, 3.05) is 23.3 Å². The van der Waals surface area contributed by atoms with Gasteiger partial charge >= 0.3 is 0 Å². The van der Waals surface area contributed by atoms with Crippen molar-refractivity contribution in [1.82, 2.24) is 0 Å². The van der Waals surface area contributed by atoms with Gasteiger partial charge in [0.15, 0.2) is 0 Å². The van der Waals surface area contributed by atoms with Crippen LogP contribution in [0.3, 0.4) is 0 Å². The van der Waals surface area contributed by atoms with Crippen molar-refractivity contribution >= 4 is 27.3 Å². The first-order valence-corrected chi connectivity index (χ1v) is 9.66. The number of ether oxygens (including phenoxy) is 1. The fourth-order valence-electron chi connectivity index (χ4n) is 2.88. The normalized spacial score (nSPS) is 14.6. The van der Waals surface area contributed by atoms with Crippen LogP contribution in [0, 0.1) is 0 Å². The molecule has 132 valence electrons. The van der Waals surface area contributed by atoms with Gasteiger partial charge in [-0.25, -0.2) is 8.42 Å². The van der Waals surface area contributed by atoms with Crippen molar-refractivity contribution in [3.8, 4) is 5.75 Å². The van der Waals surface area contributed by atoms with Gasteiger partial charge in [0.05, 0.1) is 24.2 Å². The zero-order valence-corrected chi connectivity index (χ0v) is 14.8. The molecule has 0 unspecified atom stereocenters. The molecule has 1 heterocycles. The number of anilines is 2. The second kappa shape index (κ2) is 7.14. The van der Waals surface area contributed by atoms with Crippen molar-refractivity contribution in [2.45, 2.75) is 18.6 Å². The molecule has 2 aromatic carbocycles. The van der Waals surface area contributed by atoms with E-state index in [0.29, 0.717) is 35.7 Å². The zero-order valence-electron chi connectivity index (χ0n) is 13.9. The molecule has 6 nitrogen and oxygen atoms in total. The van der Waals surface area contributed by atoms with Crippen LogP contribution in [-0.4, -0.2) is 28.0 Å². The minimum Gasteiger partial charge on any atom is -0.495 e. The lowest BCUT2D eigenvalue weighted by atomic mass is 10.2. The van der Waals surface area contributed by atoms with E-state index in [1.165, 1.54) is 7.11 Å². The summed E-state index contributed by atoms with van der Waals surface area (Å²) >= 11 is 0. The fraction of sp³-hybridized carbons (Fsp3) is 0.278. The van der Waals surface area contributed by atoms with Gasteiger partial charge in [0.2, 0.25) is 15.9 Å². The van der Waals surface area contributed by atoms with Crippen molar-refractivity contribution < 1.29 is 17.9 Å². The van der Waals surface area contributed by atoms with Crippen LogP contribution in [0.1, 0.15) is 18.4 Å². The van der Waals surface area contributed by atoms with Gasteiger partial charge in [-0.15, -0.1) is 0 Å². The Labute approximate surface area is 147 Å². The number of carbonyl (C=O) groups is 1. The number of rotatable bonds is 6. The van der Waals surface area contributed by atoms with E-state index in [4.69, 9.17) is 4.74 Å². The molecule has 0 bridgehead atoms. The number of hydrogen-bond donors (Lipinski definition) is 1. The molecule has 0 radical (unpaired) electrons. The molecule has 1 amide bonds. The van der Waals surface area contributed by atoms with Crippen LogP contribution in [0.4, 0.5) is 11.4 Å². The Balaban J connectivity index is 1.84. The molecule has 7 heteroatoms. The van der Waals surface area contributed by atoms with E-state index in [0.717, 1.165) is 6.42 Å². The third-order valence-electron chi connectivity index (χ3n) is 4.02. The van der Waals surface area contributed by atoms with Gasteiger partial charge in [0.25, 0.3) is 0 Å². The molecule has 0 aliphatic carbocycles. The Morgan fingerprint density at radius 2 is 1.92 bits per heavy atom. The van der Waals surface area contributed by atoms with Gasteiger partial charge in [-0.1, -0.05) is 30.3 Å². The highest BCUT2D eigenvalue weighted by molar-refractivity contribution is 7.91. The molecule has 0 aromatic heterocycles. The highest BCUT2D eigenvalue weighted by Crippen LogP contribution is 2.34. The molecular formula is C18H20N2O4S. The van der Waals surface area contributed by atoms with Gasteiger partial charge in [-0.05, 0) is 30.2 Å². The number of carbonyl (C=O) groups excluding carboxylic acids is 1. The minimum absolute atomic E-state index is 0.0163. The smallest absolute Gasteiger partial charge is 0.236 e. The highest BCUT2D eigenvalue weighted by atomic mass is 32.2. The lowest BCUT2D eigenvalue weighted by Crippen LogP contribution is -2.24. The predicted octanol–water partition coefficient (Wildman–Crippen LogP) is 2.76. The summed E-state index contributed by atoms with van der Waals surface area (Å²) in [5, 5.41) is 0. The lowest BCUT2D eigenvalue weighted by molar-refractivity contribution is -0.117. The SMILES string of the molecule is COc1ccc(NS(=O)(=O)Cc2ccccc2)cc1N1CCCC1=O. The Morgan fingerprint density at radius 1 is 1.16 bits per heavy atom. The highest BCUT2D eigenvalue weighted by Gasteiger charge is 2.25. The number of nitrogens with one attached hydrogen (secondary N) is 1. The van der Waals surface area contributed by atoms with Crippen LogP contribution in [0.5, 0.6) is 5.75 Å². The molecule has 1 saturated heterocycles. The number of sulfonamides is 1. The van der Waals surface area contributed by atoms with Crippen molar-refractivity contribution in [3.05, 3.63) is 54.1 Å². The fourth-order valence-corrected chi connectivity index (χ4v) is 4.07. The van der Waals surface area contributed by atoms with E-state index >= 15 is 0 Å². The summed E-state index contributed by atoms with van der Waals surface area (Å²) in [7, 11) is -2.03. The van der Waals surface area contributed by atoms with Crippen LogP contribution >= 0.6 is 0 Å².